The Labute approximate surface area is 205 Å². The summed E-state index contributed by atoms with van der Waals surface area (Å²) >= 11 is 1.89. The van der Waals surface area contributed by atoms with E-state index in [0.29, 0.717) is 5.95 Å². The van der Waals surface area contributed by atoms with Crippen molar-refractivity contribution in [3.05, 3.63) is 96.4 Å². The zero-order valence-electron chi connectivity index (χ0n) is 19.3. The third-order valence-electron chi connectivity index (χ3n) is 7.53. The van der Waals surface area contributed by atoms with E-state index < -0.39 is 0 Å². The first kappa shape index (κ1) is 19.2. The van der Waals surface area contributed by atoms with Crippen molar-refractivity contribution >= 4 is 54.1 Å². The molecule has 0 radical (unpaired) electrons. The Bertz CT molecular complexity index is 1990. The Morgan fingerprint density at radius 3 is 2.60 bits per heavy atom. The van der Waals surface area contributed by atoms with Crippen LogP contribution in [0.4, 0.5) is 0 Å². The van der Waals surface area contributed by atoms with Gasteiger partial charge in [-0.25, -0.2) is 9.97 Å². The van der Waals surface area contributed by atoms with Crippen molar-refractivity contribution in [1.82, 2.24) is 19.5 Å². The SMILES string of the molecule is CC1(C)c2ccccc2-c2sc3c(ccc4c5cnccc5n(-c5ncc6ccccc6n5)c43)c21. The highest BCUT2D eigenvalue weighted by molar-refractivity contribution is 7.23. The lowest BCUT2D eigenvalue weighted by molar-refractivity contribution is 0.667. The maximum Gasteiger partial charge on any atom is 0.235 e. The molecule has 3 aromatic carbocycles. The highest BCUT2D eigenvalue weighted by atomic mass is 32.1. The molecule has 4 heterocycles. The summed E-state index contributed by atoms with van der Waals surface area (Å²) in [4.78, 5) is 15.6. The van der Waals surface area contributed by atoms with Crippen LogP contribution in [0.15, 0.2) is 85.3 Å². The second-order valence-corrected chi connectivity index (χ2v) is 10.8. The average molecular weight is 469 g/mol. The lowest BCUT2D eigenvalue weighted by Crippen LogP contribution is -2.14. The van der Waals surface area contributed by atoms with E-state index >= 15 is 0 Å². The monoisotopic (exact) mass is 468 g/mol. The summed E-state index contributed by atoms with van der Waals surface area (Å²) in [6.07, 6.45) is 5.73. The lowest BCUT2D eigenvalue weighted by Gasteiger charge is -2.21. The number of aromatic nitrogens is 4. The topological polar surface area (TPSA) is 43.6 Å². The summed E-state index contributed by atoms with van der Waals surface area (Å²) in [7, 11) is 0. The lowest BCUT2D eigenvalue weighted by atomic mass is 9.81. The largest absolute Gasteiger partial charge is 0.276 e. The van der Waals surface area contributed by atoms with E-state index in [0.717, 1.165) is 27.3 Å². The molecule has 8 rings (SSSR count). The van der Waals surface area contributed by atoms with Crippen LogP contribution < -0.4 is 0 Å². The molecule has 0 saturated heterocycles. The molecule has 1 aliphatic rings. The second-order valence-electron chi connectivity index (χ2n) is 9.77. The number of hydrogen-bond acceptors (Lipinski definition) is 4. The van der Waals surface area contributed by atoms with Crippen LogP contribution in [0.2, 0.25) is 0 Å². The Kier molecular flexibility index (Phi) is 3.59. The molecule has 0 spiro atoms. The summed E-state index contributed by atoms with van der Waals surface area (Å²) in [6, 6.07) is 23.6. The molecule has 0 aliphatic heterocycles. The number of fused-ring (bicyclic) bond motifs is 10. The number of benzene rings is 3. The van der Waals surface area contributed by atoms with E-state index in [-0.39, 0.29) is 5.41 Å². The summed E-state index contributed by atoms with van der Waals surface area (Å²) in [6.45, 7) is 4.69. The first-order chi connectivity index (χ1) is 17.1. The third-order valence-corrected chi connectivity index (χ3v) is 8.78. The van der Waals surface area contributed by atoms with Gasteiger partial charge in [0.25, 0.3) is 0 Å². The van der Waals surface area contributed by atoms with Crippen molar-refractivity contribution in [3.63, 3.8) is 0 Å². The van der Waals surface area contributed by atoms with Crippen LogP contribution in [-0.2, 0) is 5.41 Å². The molecule has 5 heteroatoms. The number of nitrogens with zero attached hydrogens (tertiary/aromatic N) is 4. The fourth-order valence-corrected chi connectivity index (χ4v) is 7.48. The average Bonchev–Trinajstić information content (AvgIpc) is 3.51. The minimum Gasteiger partial charge on any atom is -0.276 e. The highest BCUT2D eigenvalue weighted by Gasteiger charge is 2.39. The van der Waals surface area contributed by atoms with Gasteiger partial charge < -0.3 is 0 Å². The van der Waals surface area contributed by atoms with Crippen molar-refractivity contribution in [3.8, 4) is 16.4 Å². The van der Waals surface area contributed by atoms with Crippen LogP contribution >= 0.6 is 11.3 Å². The maximum atomic E-state index is 4.99. The molecule has 4 aromatic heterocycles. The van der Waals surface area contributed by atoms with Crippen molar-refractivity contribution in [2.75, 3.05) is 0 Å². The van der Waals surface area contributed by atoms with Gasteiger partial charge >= 0.3 is 0 Å². The zero-order chi connectivity index (χ0) is 23.3. The van der Waals surface area contributed by atoms with Crippen LogP contribution in [0.5, 0.6) is 0 Å². The first-order valence-corrected chi connectivity index (χ1v) is 12.6. The van der Waals surface area contributed by atoms with Crippen molar-refractivity contribution in [2.24, 2.45) is 0 Å². The van der Waals surface area contributed by atoms with Gasteiger partial charge in [-0.05, 0) is 34.2 Å². The fourth-order valence-electron chi connectivity index (χ4n) is 5.94. The van der Waals surface area contributed by atoms with Gasteiger partial charge in [-0.15, -0.1) is 11.3 Å². The number of thiophene rings is 1. The Balaban J connectivity index is 1.55. The van der Waals surface area contributed by atoms with Crippen molar-refractivity contribution < 1.29 is 0 Å². The maximum absolute atomic E-state index is 4.99. The minimum atomic E-state index is -0.0459. The van der Waals surface area contributed by atoms with E-state index in [4.69, 9.17) is 9.97 Å². The molecule has 0 unspecified atom stereocenters. The quantitative estimate of drug-likeness (QED) is 0.249. The summed E-state index contributed by atoms with van der Waals surface area (Å²) in [5.41, 5.74) is 7.32. The predicted octanol–water partition coefficient (Wildman–Crippen LogP) is 7.64. The highest BCUT2D eigenvalue weighted by Crippen LogP contribution is 2.56. The molecule has 4 nitrogen and oxygen atoms in total. The standard InChI is InChI=1S/C30H20N4S/c1-30(2)22-9-5-4-8-19(22)27-25(30)20-12-11-18-21-16-31-14-13-24(21)34(26(18)28(20)35-27)29-32-15-17-7-3-6-10-23(17)33-29/h3-16H,1-2H3. The second kappa shape index (κ2) is 6.52. The summed E-state index contributed by atoms with van der Waals surface area (Å²) < 4.78 is 3.51. The normalized spacial score (nSPS) is 14.2. The van der Waals surface area contributed by atoms with Crippen molar-refractivity contribution in [2.45, 2.75) is 19.3 Å². The molecule has 0 amide bonds. The van der Waals surface area contributed by atoms with Crippen LogP contribution in [0, 0.1) is 0 Å². The van der Waals surface area contributed by atoms with Gasteiger partial charge in [0.1, 0.15) is 0 Å². The Morgan fingerprint density at radius 1 is 0.829 bits per heavy atom. The van der Waals surface area contributed by atoms with E-state index in [1.807, 2.05) is 48.1 Å². The molecule has 0 saturated carbocycles. The van der Waals surface area contributed by atoms with Gasteiger partial charge in [-0.2, -0.15) is 0 Å². The van der Waals surface area contributed by atoms with E-state index in [1.165, 1.54) is 37.0 Å². The molecule has 0 N–H and O–H groups in total. The number of para-hydroxylation sites is 1. The predicted molar refractivity (Wildman–Crippen MR) is 145 cm³/mol. The number of rotatable bonds is 1. The van der Waals surface area contributed by atoms with Gasteiger partial charge in [0.15, 0.2) is 0 Å². The molecule has 35 heavy (non-hydrogen) atoms. The van der Waals surface area contributed by atoms with Crippen LogP contribution in [-0.4, -0.2) is 19.5 Å². The molecular weight excluding hydrogens is 448 g/mol. The summed E-state index contributed by atoms with van der Waals surface area (Å²) in [5.74, 6) is 0.690. The third kappa shape index (κ3) is 2.38. The van der Waals surface area contributed by atoms with Crippen LogP contribution in [0.1, 0.15) is 25.0 Å². The van der Waals surface area contributed by atoms with E-state index in [9.17, 15) is 0 Å². The van der Waals surface area contributed by atoms with E-state index in [1.54, 1.807) is 0 Å². The molecule has 166 valence electrons. The molecule has 0 bridgehead atoms. The molecule has 0 atom stereocenters. The number of hydrogen-bond donors (Lipinski definition) is 0. The van der Waals surface area contributed by atoms with Gasteiger partial charge in [0.2, 0.25) is 5.95 Å². The fraction of sp³-hybridized carbons (Fsp3) is 0.100. The first-order valence-electron chi connectivity index (χ1n) is 11.8. The zero-order valence-corrected chi connectivity index (χ0v) is 20.1. The smallest absolute Gasteiger partial charge is 0.235 e. The van der Waals surface area contributed by atoms with Gasteiger partial charge in [0.05, 0.1) is 21.3 Å². The van der Waals surface area contributed by atoms with E-state index in [2.05, 4.69) is 71.9 Å². The van der Waals surface area contributed by atoms with Crippen LogP contribution in [0.3, 0.4) is 0 Å². The Hall–Kier alpha value is -4.09. The van der Waals surface area contributed by atoms with Gasteiger partial charge in [-0.1, -0.05) is 68.4 Å². The van der Waals surface area contributed by atoms with Gasteiger partial charge in [0, 0.05) is 45.0 Å². The number of pyridine rings is 1. The van der Waals surface area contributed by atoms with Gasteiger partial charge in [-0.3, -0.25) is 9.55 Å². The molecule has 7 aromatic rings. The summed E-state index contributed by atoms with van der Waals surface area (Å²) in [5, 5.41) is 4.66. The molecule has 1 aliphatic carbocycles. The molecule has 0 fully saturated rings. The van der Waals surface area contributed by atoms with Crippen LogP contribution in [0.25, 0.3) is 59.2 Å². The molecular formula is C30H20N4S. The minimum absolute atomic E-state index is 0.0459. The van der Waals surface area contributed by atoms with Crippen molar-refractivity contribution in [1.29, 1.82) is 0 Å². The Morgan fingerprint density at radius 2 is 1.66 bits per heavy atom.